The molecule has 0 amide bonds. The Balaban J connectivity index is 1.65. The quantitative estimate of drug-likeness (QED) is 0.828. The zero-order valence-corrected chi connectivity index (χ0v) is 13.8. The van der Waals surface area contributed by atoms with Crippen LogP contribution in [-0.2, 0) is 10.5 Å². The number of benzene rings is 1. The van der Waals surface area contributed by atoms with Crippen LogP contribution in [0.25, 0.3) is 0 Å². The van der Waals surface area contributed by atoms with Gasteiger partial charge in [-0.15, -0.1) is 0 Å². The molecule has 20 heavy (non-hydrogen) atoms. The van der Waals surface area contributed by atoms with Gasteiger partial charge in [0.25, 0.3) is 0 Å². The third kappa shape index (κ3) is 5.47. The highest BCUT2D eigenvalue weighted by molar-refractivity contribution is 7.99. The highest BCUT2D eigenvalue weighted by Crippen LogP contribution is 2.19. The molecule has 1 aliphatic rings. The summed E-state index contributed by atoms with van der Waals surface area (Å²) in [5, 5.41) is 4.18. The van der Waals surface area contributed by atoms with Gasteiger partial charge in [0.2, 0.25) is 0 Å². The van der Waals surface area contributed by atoms with Gasteiger partial charge in [0, 0.05) is 30.7 Å². The lowest BCUT2D eigenvalue weighted by Gasteiger charge is -2.15. The molecule has 0 spiro atoms. The van der Waals surface area contributed by atoms with E-state index < -0.39 is 0 Å². The van der Waals surface area contributed by atoms with Gasteiger partial charge in [-0.1, -0.05) is 36.2 Å². The van der Waals surface area contributed by atoms with E-state index in [-0.39, 0.29) is 0 Å². The Morgan fingerprint density at radius 3 is 2.70 bits per heavy atom. The van der Waals surface area contributed by atoms with E-state index in [9.17, 15) is 0 Å². The standard InChI is InChI=1S/C17H27NOS/c1-13-7-14(2)9-16(8-13)12-20-15(3)10-18-11-17-5-4-6-19-17/h7-9,15,17-18H,4-6,10-12H2,1-3H3. The lowest BCUT2D eigenvalue weighted by molar-refractivity contribution is 0.110. The van der Waals surface area contributed by atoms with Crippen LogP contribution in [0.1, 0.15) is 36.5 Å². The van der Waals surface area contributed by atoms with Crippen molar-refractivity contribution in [2.75, 3.05) is 19.7 Å². The average molecular weight is 293 g/mol. The first-order valence-corrected chi connectivity index (χ1v) is 8.69. The fourth-order valence-corrected chi connectivity index (χ4v) is 3.58. The summed E-state index contributed by atoms with van der Waals surface area (Å²) in [6, 6.07) is 6.83. The van der Waals surface area contributed by atoms with E-state index in [1.165, 1.54) is 29.5 Å². The third-order valence-corrected chi connectivity index (χ3v) is 4.88. The Morgan fingerprint density at radius 2 is 2.05 bits per heavy atom. The predicted molar refractivity (Wildman–Crippen MR) is 88.5 cm³/mol. The van der Waals surface area contributed by atoms with Gasteiger partial charge in [-0.25, -0.2) is 0 Å². The summed E-state index contributed by atoms with van der Waals surface area (Å²) in [4.78, 5) is 0. The van der Waals surface area contributed by atoms with Crippen LogP contribution in [0.2, 0.25) is 0 Å². The second-order valence-electron chi connectivity index (χ2n) is 5.91. The van der Waals surface area contributed by atoms with Crippen LogP contribution < -0.4 is 5.32 Å². The fourth-order valence-electron chi connectivity index (χ4n) is 2.70. The summed E-state index contributed by atoms with van der Waals surface area (Å²) in [6.07, 6.45) is 2.90. The molecule has 0 aromatic heterocycles. The van der Waals surface area contributed by atoms with Gasteiger partial charge in [-0.2, -0.15) is 11.8 Å². The summed E-state index contributed by atoms with van der Waals surface area (Å²) < 4.78 is 5.62. The van der Waals surface area contributed by atoms with Gasteiger partial charge in [-0.3, -0.25) is 0 Å². The van der Waals surface area contributed by atoms with Crippen molar-refractivity contribution in [2.45, 2.75) is 50.7 Å². The summed E-state index contributed by atoms with van der Waals surface area (Å²) in [6.45, 7) is 9.67. The minimum absolute atomic E-state index is 0.451. The molecule has 1 aromatic carbocycles. The zero-order valence-electron chi connectivity index (χ0n) is 12.9. The van der Waals surface area contributed by atoms with E-state index in [1.54, 1.807) is 0 Å². The van der Waals surface area contributed by atoms with Crippen molar-refractivity contribution in [1.29, 1.82) is 0 Å². The van der Waals surface area contributed by atoms with Crippen LogP contribution in [0.15, 0.2) is 18.2 Å². The van der Waals surface area contributed by atoms with Crippen molar-refractivity contribution < 1.29 is 4.74 Å². The molecular formula is C17H27NOS. The van der Waals surface area contributed by atoms with E-state index >= 15 is 0 Å². The number of nitrogens with one attached hydrogen (secondary N) is 1. The minimum atomic E-state index is 0.451. The van der Waals surface area contributed by atoms with E-state index in [1.807, 2.05) is 11.8 Å². The van der Waals surface area contributed by atoms with Gasteiger partial charge in [-0.05, 0) is 32.3 Å². The van der Waals surface area contributed by atoms with Crippen LogP contribution in [-0.4, -0.2) is 31.1 Å². The first kappa shape index (κ1) is 15.9. The Kier molecular flexibility index (Phi) is 6.40. The smallest absolute Gasteiger partial charge is 0.0700 e. The molecule has 2 nitrogen and oxygen atoms in total. The second kappa shape index (κ2) is 8.06. The van der Waals surface area contributed by atoms with E-state index in [0.29, 0.717) is 11.4 Å². The molecule has 1 N–H and O–H groups in total. The molecule has 2 atom stereocenters. The maximum absolute atomic E-state index is 5.62. The number of thioether (sulfide) groups is 1. The van der Waals surface area contributed by atoms with Gasteiger partial charge in [0.05, 0.1) is 6.10 Å². The summed E-state index contributed by atoms with van der Waals surface area (Å²) in [5.41, 5.74) is 4.17. The fraction of sp³-hybridized carbons (Fsp3) is 0.647. The number of rotatable bonds is 7. The van der Waals surface area contributed by atoms with E-state index in [2.05, 4.69) is 44.3 Å². The maximum Gasteiger partial charge on any atom is 0.0700 e. The normalized spacial score (nSPS) is 20.2. The first-order valence-electron chi connectivity index (χ1n) is 7.64. The Labute approximate surface area is 127 Å². The number of aryl methyl sites for hydroxylation is 2. The van der Waals surface area contributed by atoms with E-state index in [4.69, 9.17) is 4.74 Å². The van der Waals surface area contributed by atoms with Crippen molar-refractivity contribution in [1.82, 2.24) is 5.32 Å². The summed E-state index contributed by atoms with van der Waals surface area (Å²) >= 11 is 2.03. The average Bonchev–Trinajstić information content (AvgIpc) is 2.88. The van der Waals surface area contributed by atoms with Crippen molar-refractivity contribution in [2.24, 2.45) is 0 Å². The Hall–Kier alpha value is -0.510. The molecule has 0 radical (unpaired) electrons. The molecule has 112 valence electrons. The minimum Gasteiger partial charge on any atom is -0.377 e. The van der Waals surface area contributed by atoms with Crippen LogP contribution >= 0.6 is 11.8 Å². The van der Waals surface area contributed by atoms with Crippen LogP contribution in [0.3, 0.4) is 0 Å². The van der Waals surface area contributed by atoms with Crippen LogP contribution in [0, 0.1) is 13.8 Å². The van der Waals surface area contributed by atoms with E-state index in [0.717, 1.165) is 25.4 Å². The molecule has 1 fully saturated rings. The SMILES string of the molecule is Cc1cc(C)cc(CSC(C)CNCC2CCCO2)c1. The molecule has 1 aromatic rings. The van der Waals surface area contributed by atoms with Crippen LogP contribution in [0.5, 0.6) is 0 Å². The molecule has 1 heterocycles. The Bertz CT molecular complexity index is 395. The summed E-state index contributed by atoms with van der Waals surface area (Å²) in [5.74, 6) is 1.10. The number of hydrogen-bond donors (Lipinski definition) is 1. The molecule has 2 rings (SSSR count). The molecule has 1 saturated heterocycles. The number of hydrogen-bond acceptors (Lipinski definition) is 3. The highest BCUT2D eigenvalue weighted by Gasteiger charge is 2.15. The molecule has 0 saturated carbocycles. The zero-order chi connectivity index (χ0) is 14.4. The van der Waals surface area contributed by atoms with Crippen molar-refractivity contribution in [3.63, 3.8) is 0 Å². The van der Waals surface area contributed by atoms with Gasteiger partial charge in [0.1, 0.15) is 0 Å². The van der Waals surface area contributed by atoms with Crippen molar-refractivity contribution in [3.05, 3.63) is 34.9 Å². The monoisotopic (exact) mass is 293 g/mol. The lowest BCUT2D eigenvalue weighted by atomic mass is 10.1. The lowest BCUT2D eigenvalue weighted by Crippen LogP contribution is -2.30. The van der Waals surface area contributed by atoms with Crippen molar-refractivity contribution in [3.8, 4) is 0 Å². The van der Waals surface area contributed by atoms with Crippen molar-refractivity contribution >= 4 is 11.8 Å². The third-order valence-electron chi connectivity index (χ3n) is 3.64. The molecule has 0 aliphatic carbocycles. The predicted octanol–water partition coefficient (Wildman–Crippen LogP) is 3.69. The Morgan fingerprint density at radius 1 is 1.30 bits per heavy atom. The molecule has 1 aliphatic heterocycles. The number of ether oxygens (including phenoxy) is 1. The summed E-state index contributed by atoms with van der Waals surface area (Å²) in [7, 11) is 0. The van der Waals surface area contributed by atoms with Gasteiger partial charge < -0.3 is 10.1 Å². The highest BCUT2D eigenvalue weighted by atomic mass is 32.2. The van der Waals surface area contributed by atoms with Gasteiger partial charge >= 0.3 is 0 Å². The van der Waals surface area contributed by atoms with Gasteiger partial charge in [0.15, 0.2) is 0 Å². The topological polar surface area (TPSA) is 21.3 Å². The molecule has 3 heteroatoms. The molecule has 2 unspecified atom stereocenters. The second-order valence-corrected chi connectivity index (χ2v) is 7.34. The molecular weight excluding hydrogens is 266 g/mol. The maximum atomic E-state index is 5.62. The first-order chi connectivity index (χ1) is 9.63. The molecule has 0 bridgehead atoms. The largest absolute Gasteiger partial charge is 0.377 e. The van der Waals surface area contributed by atoms with Crippen LogP contribution in [0.4, 0.5) is 0 Å².